The third-order valence-electron chi connectivity index (χ3n) is 0.714. The molecule has 1 aromatic heterocycles. The Bertz CT molecular complexity index is 174. The van der Waals surface area contributed by atoms with Gasteiger partial charge in [0.15, 0.2) is 6.29 Å². The van der Waals surface area contributed by atoms with Crippen LogP contribution in [0.4, 0.5) is 0 Å². The molecule has 1 aromatic rings. The third-order valence-corrected chi connectivity index (χ3v) is 0.714. The highest BCUT2D eigenvalue weighted by molar-refractivity contribution is 5.70. The van der Waals surface area contributed by atoms with Crippen LogP contribution < -0.4 is 0 Å². The van der Waals surface area contributed by atoms with Gasteiger partial charge in [0.1, 0.15) is 5.69 Å². The van der Waals surface area contributed by atoms with E-state index in [2.05, 4.69) is 10.2 Å². The molecule has 0 unspecified atom stereocenters. The Balaban J connectivity index is 0.000000371. The van der Waals surface area contributed by atoms with Gasteiger partial charge in [-0.3, -0.25) is 4.79 Å². The van der Waals surface area contributed by atoms with Gasteiger partial charge in [-0.25, -0.2) is 0 Å². The minimum atomic E-state index is 0.368. The van der Waals surface area contributed by atoms with Gasteiger partial charge in [-0.2, -0.15) is 5.10 Å². The van der Waals surface area contributed by atoms with Crippen molar-refractivity contribution in [3.63, 3.8) is 0 Å². The van der Waals surface area contributed by atoms with Crippen LogP contribution in [0.15, 0.2) is 18.3 Å². The number of nitrogens with zero attached hydrogens (tertiary/aromatic N) is 2. The Labute approximate surface area is 60.1 Å². The first-order valence-corrected chi connectivity index (χ1v) is 3.16. The van der Waals surface area contributed by atoms with E-state index in [1.807, 2.05) is 13.8 Å². The molecule has 0 aromatic carbocycles. The summed E-state index contributed by atoms with van der Waals surface area (Å²) in [6.45, 7) is 4.00. The number of aldehydes is 1. The number of hydrogen-bond acceptors (Lipinski definition) is 3. The van der Waals surface area contributed by atoms with E-state index in [9.17, 15) is 4.79 Å². The molecule has 0 fully saturated rings. The lowest BCUT2D eigenvalue weighted by molar-refractivity contribution is 0.111. The zero-order chi connectivity index (χ0) is 7.82. The van der Waals surface area contributed by atoms with Crippen molar-refractivity contribution in [2.24, 2.45) is 0 Å². The minimum Gasteiger partial charge on any atom is -0.296 e. The van der Waals surface area contributed by atoms with Crippen molar-refractivity contribution in [3.8, 4) is 0 Å². The maximum Gasteiger partial charge on any atom is 0.170 e. The molecule has 0 spiro atoms. The highest BCUT2D eigenvalue weighted by atomic mass is 16.1. The molecule has 0 aliphatic heterocycles. The van der Waals surface area contributed by atoms with Crippen molar-refractivity contribution < 1.29 is 4.79 Å². The lowest BCUT2D eigenvalue weighted by Crippen LogP contribution is -1.85. The van der Waals surface area contributed by atoms with E-state index in [1.54, 1.807) is 12.1 Å². The largest absolute Gasteiger partial charge is 0.296 e. The molecule has 54 valence electrons. The molecule has 3 nitrogen and oxygen atoms in total. The Morgan fingerprint density at radius 3 is 2.50 bits per heavy atom. The van der Waals surface area contributed by atoms with Crippen LogP contribution in [0.3, 0.4) is 0 Å². The fraction of sp³-hybridized carbons (Fsp3) is 0.286. The van der Waals surface area contributed by atoms with Crippen LogP contribution in [0.25, 0.3) is 0 Å². The van der Waals surface area contributed by atoms with Crippen molar-refractivity contribution in [2.45, 2.75) is 13.8 Å². The number of carbonyl (C=O) groups is 1. The van der Waals surface area contributed by atoms with E-state index < -0.39 is 0 Å². The summed E-state index contributed by atoms with van der Waals surface area (Å²) in [5, 5.41) is 6.95. The summed E-state index contributed by atoms with van der Waals surface area (Å²) in [6, 6.07) is 3.26. The molecule has 1 rings (SSSR count). The predicted molar refractivity (Wildman–Crippen MR) is 38.8 cm³/mol. The number of aromatic nitrogens is 2. The number of rotatable bonds is 1. The quantitative estimate of drug-likeness (QED) is 0.549. The highest BCUT2D eigenvalue weighted by Gasteiger charge is 1.83. The molecule has 10 heavy (non-hydrogen) atoms. The number of hydrogen-bond donors (Lipinski definition) is 0. The van der Waals surface area contributed by atoms with Crippen LogP contribution in [-0.4, -0.2) is 16.5 Å². The van der Waals surface area contributed by atoms with Crippen molar-refractivity contribution in [1.29, 1.82) is 0 Å². The molecule has 0 aliphatic carbocycles. The number of carbonyl (C=O) groups excluding carboxylic acids is 1. The van der Waals surface area contributed by atoms with Crippen LogP contribution >= 0.6 is 0 Å². The molecule has 0 bridgehead atoms. The van der Waals surface area contributed by atoms with Crippen molar-refractivity contribution in [2.75, 3.05) is 0 Å². The summed E-state index contributed by atoms with van der Waals surface area (Å²) in [6.07, 6.45) is 2.18. The minimum absolute atomic E-state index is 0.368. The maximum absolute atomic E-state index is 9.90. The van der Waals surface area contributed by atoms with Gasteiger partial charge in [-0.05, 0) is 12.1 Å². The van der Waals surface area contributed by atoms with Crippen LogP contribution in [0.5, 0.6) is 0 Å². The Kier molecular flexibility index (Phi) is 5.14. The molecule has 0 radical (unpaired) electrons. The zero-order valence-corrected chi connectivity index (χ0v) is 6.11. The maximum atomic E-state index is 9.90. The fourth-order valence-corrected chi connectivity index (χ4v) is 0.376. The molecule has 0 aliphatic rings. The van der Waals surface area contributed by atoms with Gasteiger partial charge < -0.3 is 0 Å². The summed E-state index contributed by atoms with van der Waals surface area (Å²) < 4.78 is 0. The van der Waals surface area contributed by atoms with Crippen molar-refractivity contribution in [3.05, 3.63) is 24.0 Å². The van der Waals surface area contributed by atoms with Gasteiger partial charge in [-0.1, -0.05) is 13.8 Å². The first-order chi connectivity index (χ1) is 4.93. The third kappa shape index (κ3) is 2.91. The van der Waals surface area contributed by atoms with Gasteiger partial charge in [0.2, 0.25) is 0 Å². The summed E-state index contributed by atoms with van der Waals surface area (Å²) in [5.74, 6) is 0. The van der Waals surface area contributed by atoms with Gasteiger partial charge in [-0.15, -0.1) is 5.10 Å². The summed E-state index contributed by atoms with van der Waals surface area (Å²) in [7, 11) is 0. The normalized spacial score (nSPS) is 7.40. The Morgan fingerprint density at radius 1 is 1.50 bits per heavy atom. The van der Waals surface area contributed by atoms with E-state index >= 15 is 0 Å². The predicted octanol–water partition coefficient (Wildman–Crippen LogP) is 1.32. The second-order valence-corrected chi connectivity index (χ2v) is 1.27. The van der Waals surface area contributed by atoms with Crippen LogP contribution in [0, 0.1) is 0 Å². The van der Waals surface area contributed by atoms with E-state index in [0.29, 0.717) is 12.0 Å². The summed E-state index contributed by atoms with van der Waals surface area (Å²) >= 11 is 0. The van der Waals surface area contributed by atoms with E-state index in [1.165, 1.54) is 6.20 Å². The summed E-state index contributed by atoms with van der Waals surface area (Å²) in [5.41, 5.74) is 0.368. The first-order valence-electron chi connectivity index (χ1n) is 3.16. The average molecular weight is 138 g/mol. The molecule has 0 saturated carbocycles. The lowest BCUT2D eigenvalue weighted by atomic mass is 10.4. The van der Waals surface area contributed by atoms with Gasteiger partial charge in [0, 0.05) is 6.20 Å². The monoisotopic (exact) mass is 138 g/mol. The molecule has 0 saturated heterocycles. The second-order valence-electron chi connectivity index (χ2n) is 1.27. The average Bonchev–Trinajstić information content (AvgIpc) is 2.10. The second kappa shape index (κ2) is 5.88. The molecule has 0 N–H and O–H groups in total. The van der Waals surface area contributed by atoms with Crippen molar-refractivity contribution >= 4 is 6.29 Å². The standard InChI is InChI=1S/C5H4N2O.C2H6/c8-4-5-2-1-3-6-7-5;1-2/h1-4H;1-2H3. The zero-order valence-electron chi connectivity index (χ0n) is 6.11. The smallest absolute Gasteiger partial charge is 0.170 e. The summed E-state index contributed by atoms with van der Waals surface area (Å²) in [4.78, 5) is 9.90. The fourth-order valence-electron chi connectivity index (χ4n) is 0.376. The van der Waals surface area contributed by atoms with E-state index in [0.717, 1.165) is 0 Å². The van der Waals surface area contributed by atoms with Gasteiger partial charge in [0.25, 0.3) is 0 Å². The Hall–Kier alpha value is -1.25. The van der Waals surface area contributed by atoms with E-state index in [4.69, 9.17) is 0 Å². The van der Waals surface area contributed by atoms with E-state index in [-0.39, 0.29) is 0 Å². The molecular formula is C7H10N2O. The SMILES string of the molecule is CC.O=Cc1cccnn1. The topological polar surface area (TPSA) is 42.9 Å². The molecule has 0 atom stereocenters. The molecular weight excluding hydrogens is 128 g/mol. The van der Waals surface area contributed by atoms with Crippen LogP contribution in [-0.2, 0) is 0 Å². The van der Waals surface area contributed by atoms with Gasteiger partial charge in [0.05, 0.1) is 0 Å². The van der Waals surface area contributed by atoms with Gasteiger partial charge >= 0.3 is 0 Å². The molecule has 1 heterocycles. The molecule has 3 heteroatoms. The molecule has 0 amide bonds. The highest BCUT2D eigenvalue weighted by Crippen LogP contribution is 1.81. The first kappa shape index (κ1) is 8.75. The lowest BCUT2D eigenvalue weighted by Gasteiger charge is -1.80. The Morgan fingerprint density at radius 2 is 2.20 bits per heavy atom. The van der Waals surface area contributed by atoms with Crippen molar-refractivity contribution in [1.82, 2.24) is 10.2 Å². The van der Waals surface area contributed by atoms with Crippen LogP contribution in [0.1, 0.15) is 24.3 Å². The van der Waals surface area contributed by atoms with Crippen LogP contribution in [0.2, 0.25) is 0 Å².